The molecule has 0 bridgehead atoms. The van der Waals surface area contributed by atoms with E-state index in [1.807, 2.05) is 24.3 Å². The van der Waals surface area contributed by atoms with Gasteiger partial charge in [-0.25, -0.2) is 4.79 Å². The molecule has 4 nitrogen and oxygen atoms in total. The Morgan fingerprint density at radius 2 is 2.00 bits per heavy atom. The van der Waals surface area contributed by atoms with Crippen molar-refractivity contribution < 1.29 is 14.3 Å². The molecule has 0 saturated carbocycles. The lowest BCUT2D eigenvalue weighted by Gasteiger charge is -2.04. The van der Waals surface area contributed by atoms with E-state index in [4.69, 9.17) is 9.47 Å². The first-order chi connectivity index (χ1) is 7.26. The van der Waals surface area contributed by atoms with Crippen LogP contribution < -0.4 is 10.1 Å². The van der Waals surface area contributed by atoms with Gasteiger partial charge in [-0.2, -0.15) is 0 Å². The summed E-state index contributed by atoms with van der Waals surface area (Å²) in [7, 11) is 3.17. The van der Waals surface area contributed by atoms with Gasteiger partial charge in [-0.15, -0.1) is 0 Å². The third-order valence-corrected chi connectivity index (χ3v) is 1.99. The third kappa shape index (κ3) is 3.89. The Kier molecular flexibility index (Phi) is 4.47. The predicted molar refractivity (Wildman–Crippen MR) is 57.1 cm³/mol. The zero-order chi connectivity index (χ0) is 11.1. The van der Waals surface area contributed by atoms with Crippen molar-refractivity contribution in [1.82, 2.24) is 5.32 Å². The summed E-state index contributed by atoms with van der Waals surface area (Å²) in [5.41, 5.74) is 1.11. The first-order valence-corrected chi connectivity index (χ1v) is 4.73. The first kappa shape index (κ1) is 11.4. The van der Waals surface area contributed by atoms with Gasteiger partial charge >= 0.3 is 6.09 Å². The number of amides is 1. The molecule has 1 amide bonds. The second-order valence-electron chi connectivity index (χ2n) is 2.98. The molecule has 4 heteroatoms. The van der Waals surface area contributed by atoms with Crippen molar-refractivity contribution >= 4 is 6.09 Å². The summed E-state index contributed by atoms with van der Waals surface area (Å²) in [4.78, 5) is 10.7. The van der Waals surface area contributed by atoms with Crippen molar-refractivity contribution in [2.45, 2.75) is 6.42 Å². The summed E-state index contributed by atoms with van der Waals surface area (Å²) in [6, 6.07) is 7.67. The molecule has 0 spiro atoms. The van der Waals surface area contributed by atoms with Crippen molar-refractivity contribution in [1.29, 1.82) is 0 Å². The van der Waals surface area contributed by atoms with Crippen LogP contribution in [0.4, 0.5) is 4.79 Å². The van der Waals surface area contributed by atoms with Crippen LogP contribution in [0.1, 0.15) is 5.56 Å². The van der Waals surface area contributed by atoms with Crippen LogP contribution >= 0.6 is 0 Å². The van der Waals surface area contributed by atoms with Crippen LogP contribution in [0.2, 0.25) is 0 Å². The molecular formula is C11H15NO3. The Bertz CT molecular complexity index is 308. The molecular weight excluding hydrogens is 194 g/mol. The van der Waals surface area contributed by atoms with Gasteiger partial charge in [0.2, 0.25) is 0 Å². The Morgan fingerprint density at radius 3 is 2.53 bits per heavy atom. The van der Waals surface area contributed by atoms with Gasteiger partial charge in [0.05, 0.1) is 13.7 Å². The number of nitrogens with one attached hydrogen (secondary N) is 1. The lowest BCUT2D eigenvalue weighted by molar-refractivity contribution is 0.150. The average Bonchev–Trinajstić information content (AvgIpc) is 2.29. The van der Waals surface area contributed by atoms with Gasteiger partial charge in [-0.1, -0.05) is 12.1 Å². The van der Waals surface area contributed by atoms with Gasteiger partial charge in [0.15, 0.2) is 0 Å². The van der Waals surface area contributed by atoms with Crippen LogP contribution in [-0.4, -0.2) is 26.9 Å². The van der Waals surface area contributed by atoms with Gasteiger partial charge in [-0.05, 0) is 17.7 Å². The summed E-state index contributed by atoms with van der Waals surface area (Å²) in [5, 5.41) is 2.39. The van der Waals surface area contributed by atoms with Crippen molar-refractivity contribution in [3.8, 4) is 5.75 Å². The minimum atomic E-state index is -0.400. The number of methoxy groups -OCH3 is 1. The Morgan fingerprint density at radius 1 is 1.33 bits per heavy atom. The summed E-state index contributed by atoms with van der Waals surface area (Å²) < 4.78 is 9.90. The number of ether oxygens (including phenoxy) is 2. The third-order valence-electron chi connectivity index (χ3n) is 1.99. The van der Waals surface area contributed by atoms with E-state index in [1.165, 1.54) is 7.05 Å². The number of carbonyl (C=O) groups excluding carboxylic acids is 1. The maximum Gasteiger partial charge on any atom is 0.406 e. The molecule has 0 fully saturated rings. The minimum absolute atomic E-state index is 0.381. The molecule has 1 N–H and O–H groups in total. The molecule has 0 atom stereocenters. The molecule has 82 valence electrons. The normalized spacial score (nSPS) is 9.47. The lowest BCUT2D eigenvalue weighted by Crippen LogP contribution is -2.20. The van der Waals surface area contributed by atoms with Crippen molar-refractivity contribution in [2.75, 3.05) is 20.8 Å². The highest BCUT2D eigenvalue weighted by atomic mass is 16.5. The summed E-state index contributed by atoms with van der Waals surface area (Å²) in [6.45, 7) is 0.381. The molecule has 0 aliphatic carbocycles. The monoisotopic (exact) mass is 209 g/mol. The van der Waals surface area contributed by atoms with E-state index in [0.29, 0.717) is 13.0 Å². The quantitative estimate of drug-likeness (QED) is 0.819. The summed E-state index contributed by atoms with van der Waals surface area (Å²) >= 11 is 0. The molecule has 1 aromatic carbocycles. The number of hydrogen-bond acceptors (Lipinski definition) is 3. The lowest BCUT2D eigenvalue weighted by atomic mass is 10.1. The second kappa shape index (κ2) is 5.90. The van der Waals surface area contributed by atoms with Gasteiger partial charge < -0.3 is 14.8 Å². The molecule has 15 heavy (non-hydrogen) atoms. The fourth-order valence-electron chi connectivity index (χ4n) is 1.13. The van der Waals surface area contributed by atoms with E-state index in [0.717, 1.165) is 11.3 Å². The largest absolute Gasteiger partial charge is 0.497 e. The molecule has 0 aromatic heterocycles. The van der Waals surface area contributed by atoms with Gasteiger partial charge in [0.25, 0.3) is 0 Å². The number of benzene rings is 1. The highest BCUT2D eigenvalue weighted by Gasteiger charge is 1.98. The molecule has 0 aliphatic rings. The number of alkyl carbamates (subject to hydrolysis) is 1. The number of hydrogen-bond donors (Lipinski definition) is 1. The van der Waals surface area contributed by atoms with Crippen LogP contribution in [0.3, 0.4) is 0 Å². The molecule has 0 radical (unpaired) electrons. The van der Waals surface area contributed by atoms with Gasteiger partial charge in [0, 0.05) is 13.5 Å². The zero-order valence-electron chi connectivity index (χ0n) is 8.95. The van der Waals surface area contributed by atoms with Crippen molar-refractivity contribution in [2.24, 2.45) is 0 Å². The van der Waals surface area contributed by atoms with E-state index >= 15 is 0 Å². The van der Waals surface area contributed by atoms with Crippen LogP contribution in [0.25, 0.3) is 0 Å². The predicted octanol–water partition coefficient (Wildman–Crippen LogP) is 1.59. The molecule has 1 rings (SSSR count). The van der Waals surface area contributed by atoms with E-state index < -0.39 is 6.09 Å². The number of rotatable bonds is 4. The van der Waals surface area contributed by atoms with Gasteiger partial charge in [-0.3, -0.25) is 0 Å². The SMILES string of the molecule is CNC(=O)OCCc1ccc(OC)cc1. The maximum atomic E-state index is 10.7. The fourth-order valence-corrected chi connectivity index (χ4v) is 1.13. The fraction of sp³-hybridized carbons (Fsp3) is 0.364. The van der Waals surface area contributed by atoms with E-state index in [-0.39, 0.29) is 0 Å². The number of carbonyl (C=O) groups is 1. The van der Waals surface area contributed by atoms with E-state index in [1.54, 1.807) is 7.11 Å². The van der Waals surface area contributed by atoms with Crippen molar-refractivity contribution in [3.63, 3.8) is 0 Å². The van der Waals surface area contributed by atoms with Crippen molar-refractivity contribution in [3.05, 3.63) is 29.8 Å². The summed E-state index contributed by atoms with van der Waals surface area (Å²) in [5.74, 6) is 0.825. The van der Waals surface area contributed by atoms with Gasteiger partial charge in [0.1, 0.15) is 5.75 Å². The molecule has 0 aliphatic heterocycles. The Hall–Kier alpha value is -1.71. The van der Waals surface area contributed by atoms with Crippen LogP contribution in [0.15, 0.2) is 24.3 Å². The molecule has 0 heterocycles. The van der Waals surface area contributed by atoms with Crippen LogP contribution in [-0.2, 0) is 11.2 Å². The molecule has 0 saturated heterocycles. The highest BCUT2D eigenvalue weighted by Crippen LogP contribution is 2.11. The average molecular weight is 209 g/mol. The molecule has 1 aromatic rings. The standard InChI is InChI=1S/C11H15NO3/c1-12-11(13)15-8-7-9-3-5-10(14-2)6-4-9/h3-6H,7-8H2,1-2H3,(H,12,13). The highest BCUT2D eigenvalue weighted by molar-refractivity contribution is 5.66. The second-order valence-corrected chi connectivity index (χ2v) is 2.98. The first-order valence-electron chi connectivity index (χ1n) is 4.73. The van der Waals surface area contributed by atoms with E-state index in [2.05, 4.69) is 5.32 Å². The maximum absolute atomic E-state index is 10.7. The minimum Gasteiger partial charge on any atom is -0.497 e. The smallest absolute Gasteiger partial charge is 0.406 e. The zero-order valence-corrected chi connectivity index (χ0v) is 8.95. The van der Waals surface area contributed by atoms with Crippen LogP contribution in [0, 0.1) is 0 Å². The summed E-state index contributed by atoms with van der Waals surface area (Å²) in [6.07, 6.45) is 0.306. The van der Waals surface area contributed by atoms with Crippen LogP contribution in [0.5, 0.6) is 5.75 Å². The van der Waals surface area contributed by atoms with E-state index in [9.17, 15) is 4.79 Å². The topological polar surface area (TPSA) is 47.6 Å². The molecule has 0 unspecified atom stereocenters. The Labute approximate surface area is 89.2 Å². The Balaban J connectivity index is 2.34.